The Labute approximate surface area is 160 Å². The van der Waals surface area contributed by atoms with Gasteiger partial charge in [-0.1, -0.05) is 72.8 Å². The summed E-state index contributed by atoms with van der Waals surface area (Å²) in [6.07, 6.45) is 4.79. The third-order valence-corrected chi connectivity index (χ3v) is 4.98. The smallest absolute Gasteiger partial charge is 0.123 e. The molecule has 0 radical (unpaired) electrons. The quantitative estimate of drug-likeness (QED) is 0.751. The van der Waals surface area contributed by atoms with Gasteiger partial charge in [0.25, 0.3) is 0 Å². The largest absolute Gasteiger partial charge is 0.382 e. The highest BCUT2D eigenvalue weighted by Crippen LogP contribution is 2.23. The van der Waals surface area contributed by atoms with Crippen molar-refractivity contribution >= 4 is 6.08 Å². The van der Waals surface area contributed by atoms with Crippen molar-refractivity contribution in [3.05, 3.63) is 95.3 Å². The molecular formula is C23H25N3O. The van der Waals surface area contributed by atoms with Crippen LogP contribution in [-0.2, 0) is 13.1 Å². The predicted molar refractivity (Wildman–Crippen MR) is 108 cm³/mol. The fourth-order valence-electron chi connectivity index (χ4n) is 3.55. The van der Waals surface area contributed by atoms with Crippen molar-refractivity contribution in [3.63, 3.8) is 0 Å². The molecule has 0 saturated heterocycles. The number of benzene rings is 2. The lowest BCUT2D eigenvalue weighted by atomic mass is 10.1. The lowest BCUT2D eigenvalue weighted by molar-refractivity contribution is 0.214. The predicted octanol–water partition coefficient (Wildman–Crippen LogP) is 3.88. The van der Waals surface area contributed by atoms with E-state index in [0.29, 0.717) is 0 Å². The van der Waals surface area contributed by atoms with E-state index in [-0.39, 0.29) is 0 Å². The van der Waals surface area contributed by atoms with Crippen LogP contribution in [0.5, 0.6) is 0 Å². The minimum absolute atomic E-state index is 0.669. The molecule has 0 aliphatic carbocycles. The molecule has 3 aromatic rings. The van der Waals surface area contributed by atoms with Crippen LogP contribution in [0.3, 0.4) is 0 Å². The minimum atomic E-state index is -0.669. The molecule has 0 unspecified atom stereocenters. The van der Waals surface area contributed by atoms with Gasteiger partial charge in [0.15, 0.2) is 0 Å². The van der Waals surface area contributed by atoms with Gasteiger partial charge in [0.2, 0.25) is 0 Å². The second-order valence-corrected chi connectivity index (χ2v) is 7.00. The van der Waals surface area contributed by atoms with Gasteiger partial charge in [-0.05, 0) is 23.6 Å². The Morgan fingerprint density at radius 1 is 1.00 bits per heavy atom. The monoisotopic (exact) mass is 359 g/mol. The standard InChI is InChI=1S/C23H25N3O/c27-23(20-12-5-2-6-13-20)22-17-21-18-25(15-8-16-26(21)24-22)14-7-11-19-9-3-1-4-10-19/h1-7,9-13,17,23,27H,8,14-16,18H2/b11-7+/t23-/m1/s1. The van der Waals surface area contributed by atoms with Crippen molar-refractivity contribution in [2.75, 3.05) is 13.1 Å². The van der Waals surface area contributed by atoms with Crippen LogP contribution in [-0.4, -0.2) is 32.9 Å². The van der Waals surface area contributed by atoms with E-state index in [9.17, 15) is 5.11 Å². The maximum Gasteiger partial charge on any atom is 0.123 e. The summed E-state index contributed by atoms with van der Waals surface area (Å²) < 4.78 is 2.06. The van der Waals surface area contributed by atoms with Crippen LogP contribution in [0.15, 0.2) is 72.8 Å². The Morgan fingerprint density at radius 3 is 2.52 bits per heavy atom. The first kappa shape index (κ1) is 17.7. The fraction of sp³-hybridized carbons (Fsp3) is 0.261. The normalized spacial score (nSPS) is 16.2. The van der Waals surface area contributed by atoms with Crippen molar-refractivity contribution < 1.29 is 5.11 Å². The highest BCUT2D eigenvalue weighted by molar-refractivity contribution is 5.48. The molecule has 1 aliphatic heterocycles. The highest BCUT2D eigenvalue weighted by Gasteiger charge is 2.20. The molecular weight excluding hydrogens is 334 g/mol. The Bertz CT molecular complexity index is 887. The number of rotatable bonds is 5. The summed E-state index contributed by atoms with van der Waals surface area (Å²) in [5, 5.41) is 15.3. The first-order chi connectivity index (χ1) is 13.3. The zero-order chi connectivity index (χ0) is 18.5. The topological polar surface area (TPSA) is 41.3 Å². The van der Waals surface area contributed by atoms with Crippen molar-refractivity contribution in [3.8, 4) is 0 Å². The van der Waals surface area contributed by atoms with Gasteiger partial charge < -0.3 is 5.11 Å². The number of aryl methyl sites for hydroxylation is 1. The third kappa shape index (κ3) is 4.35. The first-order valence-electron chi connectivity index (χ1n) is 9.53. The molecule has 1 aromatic heterocycles. The zero-order valence-corrected chi connectivity index (χ0v) is 15.4. The second-order valence-electron chi connectivity index (χ2n) is 7.00. The lowest BCUT2D eigenvalue weighted by Crippen LogP contribution is -2.23. The average Bonchev–Trinajstić information content (AvgIpc) is 3.01. The number of fused-ring (bicyclic) bond motifs is 1. The number of hydrogen-bond donors (Lipinski definition) is 1. The van der Waals surface area contributed by atoms with Crippen LogP contribution in [0.4, 0.5) is 0 Å². The molecule has 27 heavy (non-hydrogen) atoms. The van der Waals surface area contributed by atoms with E-state index >= 15 is 0 Å². The minimum Gasteiger partial charge on any atom is -0.382 e. The molecule has 0 amide bonds. The van der Waals surface area contributed by atoms with E-state index in [1.165, 1.54) is 11.3 Å². The molecule has 4 nitrogen and oxygen atoms in total. The number of nitrogens with zero attached hydrogens (tertiary/aromatic N) is 3. The van der Waals surface area contributed by atoms with Crippen LogP contribution >= 0.6 is 0 Å². The molecule has 1 atom stereocenters. The van der Waals surface area contributed by atoms with E-state index in [1.807, 2.05) is 36.4 Å². The van der Waals surface area contributed by atoms with Gasteiger partial charge in [-0.25, -0.2) is 0 Å². The first-order valence-corrected chi connectivity index (χ1v) is 9.53. The summed E-state index contributed by atoms with van der Waals surface area (Å²) >= 11 is 0. The van der Waals surface area contributed by atoms with Crippen molar-refractivity contribution in [2.24, 2.45) is 0 Å². The molecule has 138 valence electrons. The number of aromatic nitrogens is 2. The molecule has 0 spiro atoms. The zero-order valence-electron chi connectivity index (χ0n) is 15.4. The van der Waals surface area contributed by atoms with Crippen LogP contribution in [0.2, 0.25) is 0 Å². The van der Waals surface area contributed by atoms with Crippen molar-refractivity contribution in [2.45, 2.75) is 25.6 Å². The van der Waals surface area contributed by atoms with Crippen molar-refractivity contribution in [1.29, 1.82) is 0 Å². The maximum absolute atomic E-state index is 10.6. The van der Waals surface area contributed by atoms with E-state index < -0.39 is 6.10 Å². The fourth-order valence-corrected chi connectivity index (χ4v) is 3.55. The van der Waals surface area contributed by atoms with E-state index in [4.69, 9.17) is 0 Å². The molecule has 0 fully saturated rings. The van der Waals surface area contributed by atoms with E-state index in [0.717, 1.165) is 43.9 Å². The molecule has 0 saturated carbocycles. The summed E-state index contributed by atoms with van der Waals surface area (Å²) in [6.45, 7) is 3.72. The summed E-state index contributed by atoms with van der Waals surface area (Å²) in [5.74, 6) is 0. The summed E-state index contributed by atoms with van der Waals surface area (Å²) in [4.78, 5) is 2.43. The summed E-state index contributed by atoms with van der Waals surface area (Å²) in [6, 6.07) is 22.2. The Balaban J connectivity index is 1.44. The Hall–Kier alpha value is -2.69. The molecule has 1 aliphatic rings. The van der Waals surface area contributed by atoms with Crippen LogP contribution in [0.25, 0.3) is 6.08 Å². The van der Waals surface area contributed by atoms with E-state index in [2.05, 4.69) is 57.2 Å². The number of hydrogen-bond acceptors (Lipinski definition) is 3. The Morgan fingerprint density at radius 2 is 1.74 bits per heavy atom. The number of aliphatic hydroxyl groups is 1. The summed E-state index contributed by atoms with van der Waals surface area (Å²) in [7, 11) is 0. The molecule has 2 aromatic carbocycles. The van der Waals surface area contributed by atoms with Gasteiger partial charge >= 0.3 is 0 Å². The van der Waals surface area contributed by atoms with Crippen LogP contribution in [0.1, 0.15) is 35.0 Å². The van der Waals surface area contributed by atoms with Crippen LogP contribution in [0, 0.1) is 0 Å². The Kier molecular flexibility index (Phi) is 5.47. The molecule has 4 rings (SSSR count). The van der Waals surface area contributed by atoms with Gasteiger partial charge in [0.1, 0.15) is 6.10 Å². The van der Waals surface area contributed by atoms with Gasteiger partial charge in [-0.2, -0.15) is 5.10 Å². The molecule has 0 bridgehead atoms. The average molecular weight is 359 g/mol. The molecule has 2 heterocycles. The molecule has 1 N–H and O–H groups in total. The molecule has 4 heteroatoms. The van der Waals surface area contributed by atoms with E-state index in [1.54, 1.807) is 0 Å². The lowest BCUT2D eigenvalue weighted by Gasteiger charge is -2.17. The SMILES string of the molecule is O[C@H](c1ccccc1)c1cc2n(n1)CCCN(C/C=C/c1ccccc1)C2. The van der Waals surface area contributed by atoms with Gasteiger partial charge in [-0.15, -0.1) is 0 Å². The van der Waals surface area contributed by atoms with Crippen LogP contribution < -0.4 is 0 Å². The van der Waals surface area contributed by atoms with Crippen molar-refractivity contribution in [1.82, 2.24) is 14.7 Å². The van der Waals surface area contributed by atoms with Gasteiger partial charge in [-0.3, -0.25) is 9.58 Å². The number of aliphatic hydroxyl groups excluding tert-OH is 1. The summed E-state index contributed by atoms with van der Waals surface area (Å²) in [5.41, 5.74) is 4.02. The van der Waals surface area contributed by atoms with Gasteiger partial charge in [0, 0.05) is 26.2 Å². The van der Waals surface area contributed by atoms with Gasteiger partial charge in [0.05, 0.1) is 11.4 Å². The second kappa shape index (κ2) is 8.33. The highest BCUT2D eigenvalue weighted by atomic mass is 16.3. The maximum atomic E-state index is 10.6. The third-order valence-electron chi connectivity index (χ3n) is 4.98.